The van der Waals surface area contributed by atoms with Gasteiger partial charge in [0.25, 0.3) is 11.8 Å². The summed E-state index contributed by atoms with van der Waals surface area (Å²) in [5, 5.41) is 2.38. The van der Waals surface area contributed by atoms with Crippen LogP contribution in [-0.4, -0.2) is 25.0 Å². The minimum Gasteiger partial charge on any atom is -0.497 e. The van der Waals surface area contributed by atoms with Crippen molar-refractivity contribution in [1.29, 1.82) is 0 Å². The highest BCUT2D eigenvalue weighted by atomic mass is 35.5. The molecule has 0 radical (unpaired) electrons. The number of benzene rings is 2. The van der Waals surface area contributed by atoms with Crippen molar-refractivity contribution in [3.8, 4) is 5.75 Å². The third-order valence-corrected chi connectivity index (χ3v) is 3.94. The number of nitrogens with zero attached hydrogens (tertiary/aromatic N) is 1. The molecule has 0 aliphatic carbocycles. The highest BCUT2D eigenvalue weighted by Crippen LogP contribution is 2.28. The van der Waals surface area contributed by atoms with Gasteiger partial charge in [0, 0.05) is 0 Å². The lowest BCUT2D eigenvalue weighted by atomic mass is 10.1. The molecule has 1 N–H and O–H groups in total. The Labute approximate surface area is 148 Å². The number of barbiturate groups is 1. The number of hydrogen-bond acceptors (Lipinski definition) is 4. The quantitative estimate of drug-likeness (QED) is 0.677. The van der Waals surface area contributed by atoms with Crippen LogP contribution in [0.25, 0.3) is 6.08 Å². The lowest BCUT2D eigenvalue weighted by molar-refractivity contribution is -0.122. The van der Waals surface area contributed by atoms with Crippen LogP contribution < -0.4 is 15.0 Å². The van der Waals surface area contributed by atoms with E-state index >= 15 is 0 Å². The predicted octanol–water partition coefficient (Wildman–Crippen LogP) is 3.02. The van der Waals surface area contributed by atoms with Gasteiger partial charge in [-0.25, -0.2) is 9.69 Å². The van der Waals surface area contributed by atoms with Crippen LogP contribution in [0.3, 0.4) is 0 Å². The Morgan fingerprint density at radius 3 is 2.36 bits per heavy atom. The molecular weight excluding hydrogens is 344 g/mol. The van der Waals surface area contributed by atoms with E-state index in [1.54, 1.807) is 49.6 Å². The van der Waals surface area contributed by atoms with Gasteiger partial charge in [0.1, 0.15) is 11.3 Å². The standard InChI is InChI=1S/C18H13ClN2O4/c1-25-12-8-6-11(7-9-12)10-13-16(22)20-18(24)21(17(13)23)15-5-3-2-4-14(15)19/h2-10H,1H3,(H,20,22,24)/b13-10+. The van der Waals surface area contributed by atoms with Crippen LogP contribution >= 0.6 is 11.6 Å². The summed E-state index contributed by atoms with van der Waals surface area (Å²) in [4.78, 5) is 37.8. The molecule has 0 atom stereocenters. The number of carbonyl (C=O) groups is 3. The van der Waals surface area contributed by atoms with E-state index in [9.17, 15) is 14.4 Å². The van der Waals surface area contributed by atoms with E-state index < -0.39 is 17.8 Å². The maximum Gasteiger partial charge on any atom is 0.335 e. The van der Waals surface area contributed by atoms with Gasteiger partial charge in [0.05, 0.1) is 17.8 Å². The summed E-state index contributed by atoms with van der Waals surface area (Å²) in [6.07, 6.45) is 1.41. The number of halogens is 1. The second-order valence-corrected chi connectivity index (χ2v) is 5.59. The Morgan fingerprint density at radius 1 is 1.04 bits per heavy atom. The topological polar surface area (TPSA) is 75.7 Å². The third kappa shape index (κ3) is 3.25. The smallest absolute Gasteiger partial charge is 0.335 e. The van der Waals surface area contributed by atoms with Gasteiger partial charge in [-0.1, -0.05) is 35.9 Å². The van der Waals surface area contributed by atoms with Crippen LogP contribution in [0, 0.1) is 0 Å². The van der Waals surface area contributed by atoms with Crippen molar-refractivity contribution in [1.82, 2.24) is 5.32 Å². The van der Waals surface area contributed by atoms with Gasteiger partial charge in [0.15, 0.2) is 0 Å². The first-order valence-corrected chi connectivity index (χ1v) is 7.69. The van der Waals surface area contributed by atoms with Crippen LogP contribution in [0.1, 0.15) is 5.56 Å². The summed E-state index contributed by atoms with van der Waals surface area (Å²) in [6.45, 7) is 0. The molecule has 1 heterocycles. The third-order valence-electron chi connectivity index (χ3n) is 3.62. The average Bonchev–Trinajstić information content (AvgIpc) is 2.60. The maximum atomic E-state index is 12.7. The van der Waals surface area contributed by atoms with Crippen molar-refractivity contribution in [2.75, 3.05) is 12.0 Å². The number of para-hydroxylation sites is 1. The molecule has 0 unspecified atom stereocenters. The summed E-state index contributed by atoms with van der Waals surface area (Å²) in [5.74, 6) is -0.846. The molecule has 0 saturated carbocycles. The van der Waals surface area contributed by atoms with E-state index in [-0.39, 0.29) is 16.3 Å². The van der Waals surface area contributed by atoms with Crippen LogP contribution in [-0.2, 0) is 9.59 Å². The second-order valence-electron chi connectivity index (χ2n) is 5.18. The van der Waals surface area contributed by atoms with Gasteiger partial charge in [0.2, 0.25) is 0 Å². The zero-order chi connectivity index (χ0) is 18.0. The zero-order valence-electron chi connectivity index (χ0n) is 13.2. The van der Waals surface area contributed by atoms with Crippen molar-refractivity contribution in [3.63, 3.8) is 0 Å². The number of nitrogens with one attached hydrogen (secondary N) is 1. The molecule has 1 saturated heterocycles. The van der Waals surface area contributed by atoms with Crippen molar-refractivity contribution in [2.45, 2.75) is 0 Å². The van der Waals surface area contributed by atoms with Gasteiger partial charge >= 0.3 is 6.03 Å². The van der Waals surface area contributed by atoms with Crippen LogP contribution in [0.4, 0.5) is 10.5 Å². The molecule has 1 aliphatic heterocycles. The molecule has 126 valence electrons. The number of methoxy groups -OCH3 is 1. The number of hydrogen-bond donors (Lipinski definition) is 1. The summed E-state index contributed by atoms with van der Waals surface area (Å²) in [7, 11) is 1.54. The Balaban J connectivity index is 2.00. The monoisotopic (exact) mass is 356 g/mol. The SMILES string of the molecule is COc1ccc(/C=C2\C(=O)NC(=O)N(c3ccccc3Cl)C2=O)cc1. The molecule has 1 fully saturated rings. The normalized spacial score (nSPS) is 16.2. The number of imide groups is 2. The lowest BCUT2D eigenvalue weighted by Gasteiger charge is -2.27. The molecule has 0 aromatic heterocycles. The summed E-state index contributed by atoms with van der Waals surface area (Å²) in [5.41, 5.74) is 0.664. The highest BCUT2D eigenvalue weighted by Gasteiger charge is 2.37. The van der Waals surface area contributed by atoms with E-state index in [1.807, 2.05) is 0 Å². The minimum atomic E-state index is -0.838. The molecule has 1 aliphatic rings. The van der Waals surface area contributed by atoms with Gasteiger partial charge in [-0.05, 0) is 35.9 Å². The number of ether oxygens (including phenoxy) is 1. The lowest BCUT2D eigenvalue weighted by Crippen LogP contribution is -2.54. The fraction of sp³-hybridized carbons (Fsp3) is 0.0556. The molecule has 0 bridgehead atoms. The Bertz CT molecular complexity index is 890. The Kier molecular flexibility index (Phi) is 4.54. The molecule has 4 amide bonds. The summed E-state index contributed by atoms with van der Waals surface area (Å²) < 4.78 is 5.07. The van der Waals surface area contributed by atoms with Crippen LogP contribution in [0.2, 0.25) is 5.02 Å². The van der Waals surface area contributed by atoms with Gasteiger partial charge in [-0.2, -0.15) is 0 Å². The first-order chi connectivity index (χ1) is 12.0. The Hall–Kier alpha value is -3.12. The molecule has 0 spiro atoms. The van der Waals surface area contributed by atoms with E-state index in [2.05, 4.69) is 5.32 Å². The second kappa shape index (κ2) is 6.78. The first-order valence-electron chi connectivity index (χ1n) is 7.31. The molecule has 2 aromatic carbocycles. The largest absolute Gasteiger partial charge is 0.497 e. The molecule has 6 nitrogen and oxygen atoms in total. The highest BCUT2D eigenvalue weighted by molar-refractivity contribution is 6.42. The average molecular weight is 357 g/mol. The summed E-state index contributed by atoms with van der Waals surface area (Å²) >= 11 is 6.07. The number of carbonyl (C=O) groups excluding carboxylic acids is 3. The molecular formula is C18H13ClN2O4. The van der Waals surface area contributed by atoms with Gasteiger partial charge in [-0.15, -0.1) is 0 Å². The van der Waals surface area contributed by atoms with E-state index in [4.69, 9.17) is 16.3 Å². The molecule has 3 rings (SSSR count). The van der Waals surface area contributed by atoms with Gasteiger partial charge in [-0.3, -0.25) is 14.9 Å². The van der Waals surface area contributed by atoms with E-state index in [0.29, 0.717) is 11.3 Å². The van der Waals surface area contributed by atoms with Gasteiger partial charge < -0.3 is 4.74 Å². The van der Waals surface area contributed by atoms with Crippen molar-refractivity contribution in [3.05, 3.63) is 64.7 Å². The summed E-state index contributed by atoms with van der Waals surface area (Å²) in [6, 6.07) is 12.4. The number of urea groups is 1. The molecule has 2 aromatic rings. The maximum absolute atomic E-state index is 12.7. The van der Waals surface area contributed by atoms with Crippen molar-refractivity contribution < 1.29 is 19.1 Å². The fourth-order valence-corrected chi connectivity index (χ4v) is 2.60. The van der Waals surface area contributed by atoms with Crippen LogP contribution in [0.15, 0.2) is 54.1 Å². The number of anilines is 1. The zero-order valence-corrected chi connectivity index (χ0v) is 13.9. The van der Waals surface area contributed by atoms with E-state index in [1.165, 1.54) is 12.1 Å². The molecule has 25 heavy (non-hydrogen) atoms. The number of amides is 4. The first kappa shape index (κ1) is 16.7. The number of rotatable bonds is 3. The Morgan fingerprint density at radius 2 is 1.72 bits per heavy atom. The van der Waals surface area contributed by atoms with Crippen LogP contribution in [0.5, 0.6) is 5.75 Å². The predicted molar refractivity (Wildman–Crippen MR) is 93.4 cm³/mol. The molecule has 7 heteroatoms. The fourth-order valence-electron chi connectivity index (χ4n) is 2.38. The van der Waals surface area contributed by atoms with Crippen molar-refractivity contribution >= 4 is 41.2 Å². The van der Waals surface area contributed by atoms with Crippen molar-refractivity contribution in [2.24, 2.45) is 0 Å². The minimum absolute atomic E-state index is 0.162. The van der Waals surface area contributed by atoms with E-state index in [0.717, 1.165) is 4.90 Å².